The minimum Gasteiger partial charge on any atom is -0.486 e. The second kappa shape index (κ2) is 9.02. The molecule has 0 unspecified atom stereocenters. The molecule has 2 aromatic heterocycles. The highest BCUT2D eigenvalue weighted by Gasteiger charge is 2.34. The normalized spacial score (nSPS) is 15.1. The Balaban J connectivity index is 1.60. The molecule has 4 rings (SSSR count). The number of benzene rings is 1. The Labute approximate surface area is 189 Å². The fraction of sp³-hybridized carbons (Fsp3) is 0.333. The molecule has 1 N–H and O–H groups in total. The Hall–Kier alpha value is -3.12. The number of carbonyl (C=O) groups excluding carboxylic acids is 1. The Morgan fingerprint density at radius 2 is 1.91 bits per heavy atom. The zero-order chi connectivity index (χ0) is 23.8. The molecule has 0 spiro atoms. The second-order valence-corrected chi connectivity index (χ2v) is 8.65. The highest BCUT2D eigenvalue weighted by Crippen LogP contribution is 2.34. The largest absolute Gasteiger partial charge is 0.486 e. The van der Waals surface area contributed by atoms with E-state index in [-0.39, 0.29) is 28.5 Å². The number of ether oxygens (including phenoxy) is 2. The summed E-state index contributed by atoms with van der Waals surface area (Å²) in [4.78, 5) is 24.6. The molecule has 1 aliphatic heterocycles. The van der Waals surface area contributed by atoms with Gasteiger partial charge in [-0.05, 0) is 26.0 Å². The first-order valence-corrected chi connectivity index (χ1v) is 10.6. The maximum atomic E-state index is 15.3. The third kappa shape index (κ3) is 5.11. The van der Waals surface area contributed by atoms with Crippen molar-refractivity contribution in [3.63, 3.8) is 0 Å². The Bertz CT molecular complexity index is 1160. The van der Waals surface area contributed by atoms with E-state index in [1.54, 1.807) is 6.20 Å². The minimum absolute atomic E-state index is 0.113. The van der Waals surface area contributed by atoms with Crippen LogP contribution in [0.1, 0.15) is 39.6 Å². The third-order valence-corrected chi connectivity index (χ3v) is 5.77. The van der Waals surface area contributed by atoms with Gasteiger partial charge in [0, 0.05) is 29.0 Å². The van der Waals surface area contributed by atoms with Crippen LogP contribution in [0, 0.1) is 12.7 Å². The molecule has 0 aliphatic carbocycles. The molecule has 0 bridgehead atoms. The third-order valence-electron chi connectivity index (χ3n) is 4.83. The van der Waals surface area contributed by atoms with Gasteiger partial charge in [-0.15, -0.1) is 11.3 Å². The van der Waals surface area contributed by atoms with Crippen LogP contribution in [-0.4, -0.2) is 40.2 Å². The lowest BCUT2D eigenvalue weighted by molar-refractivity contribution is -0.145. The molecule has 1 saturated heterocycles. The molecule has 1 amide bonds. The number of thiazole rings is 1. The minimum atomic E-state index is -4.68. The van der Waals surface area contributed by atoms with Gasteiger partial charge in [0.15, 0.2) is 0 Å². The van der Waals surface area contributed by atoms with Crippen LogP contribution in [0.25, 0.3) is 10.6 Å². The van der Waals surface area contributed by atoms with E-state index in [1.165, 1.54) is 30.4 Å². The molecule has 1 aliphatic rings. The summed E-state index contributed by atoms with van der Waals surface area (Å²) in [6.07, 6.45) is -1.35. The number of aromatic nitrogens is 3. The van der Waals surface area contributed by atoms with E-state index in [2.05, 4.69) is 20.3 Å². The van der Waals surface area contributed by atoms with Crippen molar-refractivity contribution in [2.24, 2.45) is 0 Å². The zero-order valence-electron chi connectivity index (χ0n) is 17.4. The highest BCUT2D eigenvalue weighted by atomic mass is 32.1. The lowest BCUT2D eigenvalue weighted by Gasteiger charge is -2.27. The molecule has 0 saturated carbocycles. The average Bonchev–Trinajstić information content (AvgIpc) is 3.17. The van der Waals surface area contributed by atoms with Crippen LogP contribution in [-0.2, 0) is 10.9 Å². The smallest absolute Gasteiger partial charge is 0.451 e. The molecule has 1 fully saturated rings. The molecule has 3 heterocycles. The molecular formula is C21H18F4N4O3S. The molecule has 174 valence electrons. The Morgan fingerprint density at radius 3 is 2.45 bits per heavy atom. The monoisotopic (exact) mass is 482 g/mol. The fourth-order valence-corrected chi connectivity index (χ4v) is 3.78. The number of hydrogen-bond donors (Lipinski definition) is 1. The van der Waals surface area contributed by atoms with Gasteiger partial charge >= 0.3 is 6.18 Å². The van der Waals surface area contributed by atoms with E-state index in [0.717, 1.165) is 17.3 Å². The maximum Gasteiger partial charge on any atom is 0.451 e. The number of nitrogens with one attached hydrogen (secondary N) is 1. The predicted molar refractivity (Wildman–Crippen MR) is 110 cm³/mol. The standard InChI is InChI=1S/C21H18F4N4O3S/c1-10-5-26-19(33-10)16-4-13(32-14-8-31-9-14)3-15(17(16)22)18(30)29-11(2)12-6-27-20(28-7-12)21(23,24)25/h3-7,11,14H,8-9H2,1-2H3,(H,29,30)/t11-/m1/s1. The predicted octanol–water partition coefficient (Wildman–Crippen LogP) is 4.34. The zero-order valence-corrected chi connectivity index (χ0v) is 18.3. The topological polar surface area (TPSA) is 86.2 Å². The molecule has 12 heteroatoms. The van der Waals surface area contributed by atoms with Crippen molar-refractivity contribution in [3.05, 3.63) is 58.4 Å². The first kappa shape index (κ1) is 23.1. The molecule has 0 radical (unpaired) electrons. The number of carbonyl (C=O) groups is 1. The van der Waals surface area contributed by atoms with Crippen molar-refractivity contribution in [1.29, 1.82) is 0 Å². The van der Waals surface area contributed by atoms with Crippen molar-refractivity contribution in [2.45, 2.75) is 32.2 Å². The van der Waals surface area contributed by atoms with Crippen molar-refractivity contribution >= 4 is 17.2 Å². The van der Waals surface area contributed by atoms with Crippen LogP contribution in [0.15, 0.2) is 30.7 Å². The van der Waals surface area contributed by atoms with Crippen LogP contribution in [0.4, 0.5) is 17.6 Å². The van der Waals surface area contributed by atoms with Crippen LogP contribution in [0.3, 0.4) is 0 Å². The van der Waals surface area contributed by atoms with Gasteiger partial charge in [-0.1, -0.05) is 0 Å². The van der Waals surface area contributed by atoms with Gasteiger partial charge in [-0.25, -0.2) is 19.3 Å². The lowest BCUT2D eigenvalue weighted by atomic mass is 10.1. The molecule has 33 heavy (non-hydrogen) atoms. The van der Waals surface area contributed by atoms with Gasteiger partial charge in [0.1, 0.15) is 22.7 Å². The summed E-state index contributed by atoms with van der Waals surface area (Å²) in [7, 11) is 0. The summed E-state index contributed by atoms with van der Waals surface area (Å²) in [5, 5.41) is 2.95. The fourth-order valence-electron chi connectivity index (χ4n) is 3.01. The molecule has 3 aromatic rings. The Kier molecular flexibility index (Phi) is 6.30. The van der Waals surface area contributed by atoms with E-state index in [0.29, 0.717) is 18.2 Å². The van der Waals surface area contributed by atoms with E-state index < -0.39 is 29.8 Å². The van der Waals surface area contributed by atoms with E-state index in [9.17, 15) is 18.0 Å². The van der Waals surface area contributed by atoms with Gasteiger partial charge in [-0.2, -0.15) is 13.2 Å². The van der Waals surface area contributed by atoms with Crippen LogP contribution < -0.4 is 10.1 Å². The SMILES string of the molecule is Cc1cnc(-c2cc(OC3COC3)cc(C(=O)N[C@H](C)c3cnc(C(F)(F)F)nc3)c2F)s1. The van der Waals surface area contributed by atoms with Gasteiger partial charge < -0.3 is 14.8 Å². The summed E-state index contributed by atoms with van der Waals surface area (Å²) in [5.41, 5.74) is 0.0586. The molecule has 7 nitrogen and oxygen atoms in total. The summed E-state index contributed by atoms with van der Waals surface area (Å²) >= 11 is 1.27. The number of hydrogen-bond acceptors (Lipinski definition) is 7. The quantitative estimate of drug-likeness (QED) is 0.527. The van der Waals surface area contributed by atoms with Crippen molar-refractivity contribution in [3.8, 4) is 16.3 Å². The number of rotatable bonds is 6. The van der Waals surface area contributed by atoms with Crippen molar-refractivity contribution in [2.75, 3.05) is 13.2 Å². The van der Waals surface area contributed by atoms with Crippen molar-refractivity contribution in [1.82, 2.24) is 20.3 Å². The van der Waals surface area contributed by atoms with Crippen LogP contribution in [0.2, 0.25) is 0 Å². The van der Waals surface area contributed by atoms with Gasteiger partial charge in [-0.3, -0.25) is 4.79 Å². The van der Waals surface area contributed by atoms with Crippen molar-refractivity contribution < 1.29 is 31.8 Å². The first-order chi connectivity index (χ1) is 15.6. The highest BCUT2D eigenvalue weighted by molar-refractivity contribution is 7.14. The first-order valence-electron chi connectivity index (χ1n) is 9.82. The van der Waals surface area contributed by atoms with Crippen LogP contribution >= 0.6 is 11.3 Å². The second-order valence-electron chi connectivity index (χ2n) is 7.42. The molecule has 1 atom stereocenters. The van der Waals surface area contributed by atoms with Gasteiger partial charge in [0.05, 0.1) is 30.4 Å². The number of amides is 1. The maximum absolute atomic E-state index is 15.3. The molecule has 1 aromatic carbocycles. The van der Waals surface area contributed by atoms with Crippen LogP contribution in [0.5, 0.6) is 5.75 Å². The van der Waals surface area contributed by atoms with E-state index in [4.69, 9.17) is 9.47 Å². The summed E-state index contributed by atoms with van der Waals surface area (Å²) < 4.78 is 64.2. The number of halogens is 4. The summed E-state index contributed by atoms with van der Waals surface area (Å²) in [6, 6.07) is 1.98. The summed E-state index contributed by atoms with van der Waals surface area (Å²) in [5.74, 6) is -2.56. The van der Waals surface area contributed by atoms with Gasteiger partial charge in [0.2, 0.25) is 5.82 Å². The van der Waals surface area contributed by atoms with E-state index >= 15 is 4.39 Å². The molecular weight excluding hydrogens is 464 g/mol. The lowest BCUT2D eigenvalue weighted by Crippen LogP contribution is -2.38. The number of aryl methyl sites for hydroxylation is 1. The van der Waals surface area contributed by atoms with E-state index in [1.807, 2.05) is 6.92 Å². The number of alkyl halides is 3. The average molecular weight is 482 g/mol. The summed E-state index contributed by atoms with van der Waals surface area (Å²) in [6.45, 7) is 4.12. The Morgan fingerprint density at radius 1 is 1.21 bits per heavy atom. The number of nitrogens with zero attached hydrogens (tertiary/aromatic N) is 3. The van der Waals surface area contributed by atoms with Gasteiger partial charge in [0.25, 0.3) is 5.91 Å².